The molecule has 1 heteroatoms. The average molecular weight is 275 g/mol. The van der Waals surface area contributed by atoms with Crippen molar-refractivity contribution in [3.05, 3.63) is 35.4 Å². The molecule has 1 rings (SSSR count). The SMILES string of the molecule is CN(CCC(C)(C)C)Cc1ccc(CC(C)(C)C)cc1. The van der Waals surface area contributed by atoms with E-state index in [0.29, 0.717) is 10.8 Å². The number of benzene rings is 1. The van der Waals surface area contributed by atoms with Gasteiger partial charge in [0.2, 0.25) is 0 Å². The van der Waals surface area contributed by atoms with Crippen LogP contribution in [0.2, 0.25) is 0 Å². The Bertz CT molecular complexity index is 389. The van der Waals surface area contributed by atoms with Crippen molar-refractivity contribution in [3.8, 4) is 0 Å². The van der Waals surface area contributed by atoms with Crippen molar-refractivity contribution in [1.29, 1.82) is 0 Å². The molecule has 0 saturated heterocycles. The number of nitrogens with zero attached hydrogens (tertiary/aromatic N) is 1. The summed E-state index contributed by atoms with van der Waals surface area (Å²) in [5.74, 6) is 0. The molecular weight excluding hydrogens is 242 g/mol. The first-order chi connectivity index (χ1) is 9.05. The molecule has 0 bridgehead atoms. The van der Waals surface area contributed by atoms with E-state index in [1.807, 2.05) is 0 Å². The lowest BCUT2D eigenvalue weighted by atomic mass is 9.88. The highest BCUT2D eigenvalue weighted by atomic mass is 15.1. The predicted octanol–water partition coefficient (Wildman–Crippen LogP) is 5.14. The van der Waals surface area contributed by atoms with Crippen LogP contribution in [0.5, 0.6) is 0 Å². The van der Waals surface area contributed by atoms with Crippen molar-refractivity contribution in [2.45, 2.75) is 60.9 Å². The Hall–Kier alpha value is -0.820. The van der Waals surface area contributed by atoms with Crippen LogP contribution in [-0.4, -0.2) is 18.5 Å². The molecule has 0 aliphatic carbocycles. The molecule has 114 valence electrons. The minimum atomic E-state index is 0.366. The maximum atomic E-state index is 2.42. The van der Waals surface area contributed by atoms with Crippen molar-refractivity contribution in [2.75, 3.05) is 13.6 Å². The van der Waals surface area contributed by atoms with Gasteiger partial charge in [0.25, 0.3) is 0 Å². The van der Waals surface area contributed by atoms with Crippen LogP contribution in [0, 0.1) is 10.8 Å². The Labute approximate surface area is 126 Å². The fourth-order valence-corrected chi connectivity index (χ4v) is 2.29. The molecule has 0 N–H and O–H groups in total. The molecule has 0 aromatic heterocycles. The summed E-state index contributed by atoms with van der Waals surface area (Å²) >= 11 is 0. The van der Waals surface area contributed by atoms with Crippen LogP contribution >= 0.6 is 0 Å². The number of hydrogen-bond acceptors (Lipinski definition) is 1. The van der Waals surface area contributed by atoms with Gasteiger partial charge in [-0.1, -0.05) is 65.8 Å². The van der Waals surface area contributed by atoms with Gasteiger partial charge in [-0.05, 0) is 48.4 Å². The Kier molecular flexibility index (Phi) is 5.82. The van der Waals surface area contributed by atoms with E-state index in [-0.39, 0.29) is 0 Å². The molecular formula is C19H33N. The second-order valence-electron chi connectivity index (χ2n) is 8.60. The summed E-state index contributed by atoms with van der Waals surface area (Å²) in [4.78, 5) is 2.42. The van der Waals surface area contributed by atoms with Gasteiger partial charge >= 0.3 is 0 Å². The molecule has 0 fully saturated rings. The summed E-state index contributed by atoms with van der Waals surface area (Å²) < 4.78 is 0. The second kappa shape index (κ2) is 6.76. The van der Waals surface area contributed by atoms with Gasteiger partial charge in [-0.2, -0.15) is 0 Å². The normalized spacial score (nSPS) is 13.0. The molecule has 1 aromatic rings. The Morgan fingerprint density at radius 3 is 1.75 bits per heavy atom. The fraction of sp³-hybridized carbons (Fsp3) is 0.684. The van der Waals surface area contributed by atoms with Gasteiger partial charge in [0.1, 0.15) is 0 Å². The molecule has 0 aliphatic heterocycles. The first-order valence-electron chi connectivity index (χ1n) is 7.82. The van der Waals surface area contributed by atoms with Crippen LogP contribution in [-0.2, 0) is 13.0 Å². The van der Waals surface area contributed by atoms with Gasteiger partial charge in [0.15, 0.2) is 0 Å². The topological polar surface area (TPSA) is 3.24 Å². The summed E-state index contributed by atoms with van der Waals surface area (Å²) in [5, 5.41) is 0. The quantitative estimate of drug-likeness (QED) is 0.719. The van der Waals surface area contributed by atoms with Crippen LogP contribution in [0.15, 0.2) is 24.3 Å². The van der Waals surface area contributed by atoms with Crippen molar-refractivity contribution < 1.29 is 0 Å². The molecule has 0 heterocycles. The average Bonchev–Trinajstić information content (AvgIpc) is 2.26. The van der Waals surface area contributed by atoms with E-state index in [1.54, 1.807) is 0 Å². The van der Waals surface area contributed by atoms with Crippen molar-refractivity contribution in [3.63, 3.8) is 0 Å². The highest BCUT2D eigenvalue weighted by molar-refractivity contribution is 5.23. The van der Waals surface area contributed by atoms with Gasteiger partial charge in [-0.3, -0.25) is 0 Å². The number of rotatable bonds is 5. The van der Waals surface area contributed by atoms with E-state index >= 15 is 0 Å². The van der Waals surface area contributed by atoms with Gasteiger partial charge in [0, 0.05) is 6.54 Å². The van der Waals surface area contributed by atoms with Crippen LogP contribution < -0.4 is 0 Å². The largest absolute Gasteiger partial charge is 0.302 e. The smallest absolute Gasteiger partial charge is 0.0230 e. The summed E-state index contributed by atoms with van der Waals surface area (Å²) in [7, 11) is 2.22. The Morgan fingerprint density at radius 1 is 0.800 bits per heavy atom. The highest BCUT2D eigenvalue weighted by Crippen LogP contribution is 2.21. The summed E-state index contributed by atoms with van der Waals surface area (Å²) in [6, 6.07) is 9.15. The van der Waals surface area contributed by atoms with Crippen molar-refractivity contribution in [2.24, 2.45) is 10.8 Å². The van der Waals surface area contributed by atoms with E-state index < -0.39 is 0 Å². The van der Waals surface area contributed by atoms with Crippen molar-refractivity contribution in [1.82, 2.24) is 4.90 Å². The lowest BCUT2D eigenvalue weighted by Crippen LogP contribution is -2.23. The Morgan fingerprint density at radius 2 is 1.30 bits per heavy atom. The Balaban J connectivity index is 2.49. The lowest BCUT2D eigenvalue weighted by Gasteiger charge is -2.23. The predicted molar refractivity (Wildman–Crippen MR) is 90.0 cm³/mol. The van der Waals surface area contributed by atoms with Gasteiger partial charge in [0.05, 0.1) is 0 Å². The first-order valence-corrected chi connectivity index (χ1v) is 7.82. The molecule has 0 unspecified atom stereocenters. The molecule has 20 heavy (non-hydrogen) atoms. The zero-order valence-corrected chi connectivity index (χ0v) is 14.6. The molecule has 0 aliphatic rings. The minimum absolute atomic E-state index is 0.366. The maximum Gasteiger partial charge on any atom is 0.0230 e. The zero-order valence-electron chi connectivity index (χ0n) is 14.6. The summed E-state index contributed by atoms with van der Waals surface area (Å²) in [6.45, 7) is 16.0. The van der Waals surface area contributed by atoms with Gasteiger partial charge < -0.3 is 4.90 Å². The summed E-state index contributed by atoms with van der Waals surface area (Å²) in [5.41, 5.74) is 3.65. The third kappa shape index (κ3) is 7.69. The molecule has 0 spiro atoms. The molecule has 0 radical (unpaired) electrons. The van der Waals surface area contributed by atoms with E-state index in [4.69, 9.17) is 0 Å². The first kappa shape index (κ1) is 17.2. The number of hydrogen-bond donors (Lipinski definition) is 0. The molecule has 0 saturated carbocycles. The standard InChI is InChI=1S/C19H33N/c1-18(2,3)12-13-20(7)15-17-10-8-16(9-11-17)14-19(4,5)6/h8-11H,12-15H2,1-7H3. The van der Waals surface area contributed by atoms with Crippen LogP contribution in [0.25, 0.3) is 0 Å². The monoisotopic (exact) mass is 275 g/mol. The second-order valence-corrected chi connectivity index (χ2v) is 8.60. The van der Waals surface area contributed by atoms with Gasteiger partial charge in [-0.25, -0.2) is 0 Å². The fourth-order valence-electron chi connectivity index (χ4n) is 2.29. The molecule has 1 nitrogen and oxygen atoms in total. The van der Waals surface area contributed by atoms with Gasteiger partial charge in [-0.15, -0.1) is 0 Å². The van der Waals surface area contributed by atoms with E-state index in [9.17, 15) is 0 Å². The lowest BCUT2D eigenvalue weighted by molar-refractivity contribution is 0.259. The summed E-state index contributed by atoms with van der Waals surface area (Å²) in [6.07, 6.45) is 2.39. The van der Waals surface area contributed by atoms with Crippen LogP contribution in [0.4, 0.5) is 0 Å². The third-order valence-corrected chi connectivity index (χ3v) is 3.45. The van der Waals surface area contributed by atoms with E-state index in [0.717, 1.165) is 19.5 Å². The van der Waals surface area contributed by atoms with Crippen LogP contribution in [0.3, 0.4) is 0 Å². The molecule has 0 amide bonds. The highest BCUT2D eigenvalue weighted by Gasteiger charge is 2.12. The van der Waals surface area contributed by atoms with Crippen LogP contribution in [0.1, 0.15) is 59.1 Å². The van der Waals surface area contributed by atoms with E-state index in [1.165, 1.54) is 17.5 Å². The maximum absolute atomic E-state index is 2.42. The molecule has 0 atom stereocenters. The van der Waals surface area contributed by atoms with Crippen molar-refractivity contribution >= 4 is 0 Å². The third-order valence-electron chi connectivity index (χ3n) is 3.45. The zero-order chi connectivity index (χ0) is 15.4. The van der Waals surface area contributed by atoms with E-state index in [2.05, 4.69) is 77.8 Å². The molecule has 1 aromatic carbocycles. The minimum Gasteiger partial charge on any atom is -0.302 e.